The van der Waals surface area contributed by atoms with E-state index in [2.05, 4.69) is 15.5 Å². The number of nitrogens with zero attached hydrogens (tertiary/aromatic N) is 3. The van der Waals surface area contributed by atoms with Gasteiger partial charge in [-0.1, -0.05) is 65.9 Å². The van der Waals surface area contributed by atoms with E-state index < -0.39 is 0 Å². The van der Waals surface area contributed by atoms with E-state index in [1.165, 1.54) is 11.8 Å². The number of amides is 1. The van der Waals surface area contributed by atoms with Crippen LogP contribution in [-0.4, -0.2) is 26.4 Å². The van der Waals surface area contributed by atoms with Crippen LogP contribution in [-0.2, 0) is 11.4 Å². The first-order chi connectivity index (χ1) is 15.6. The van der Waals surface area contributed by atoms with Crippen LogP contribution in [0.15, 0.2) is 84.0 Å². The minimum Gasteiger partial charge on any atom is -0.485 e. The lowest BCUT2D eigenvalue weighted by atomic mass is 10.2. The molecule has 0 aliphatic heterocycles. The molecule has 1 aromatic heterocycles. The van der Waals surface area contributed by atoms with Crippen LogP contribution in [0.25, 0.3) is 5.69 Å². The second-order valence-electron chi connectivity index (χ2n) is 7.33. The van der Waals surface area contributed by atoms with Gasteiger partial charge in [-0.15, -0.1) is 10.2 Å². The summed E-state index contributed by atoms with van der Waals surface area (Å²) in [6.07, 6.45) is 0. The van der Waals surface area contributed by atoms with E-state index in [0.717, 1.165) is 28.3 Å². The zero-order valence-corrected chi connectivity index (χ0v) is 18.8. The maximum Gasteiger partial charge on any atom is 0.234 e. The summed E-state index contributed by atoms with van der Waals surface area (Å²) >= 11 is 1.34. The van der Waals surface area contributed by atoms with Gasteiger partial charge in [-0.3, -0.25) is 9.36 Å². The van der Waals surface area contributed by atoms with Crippen molar-refractivity contribution in [2.75, 3.05) is 11.1 Å². The monoisotopic (exact) mass is 444 g/mol. The predicted molar refractivity (Wildman–Crippen MR) is 127 cm³/mol. The van der Waals surface area contributed by atoms with Gasteiger partial charge >= 0.3 is 0 Å². The molecule has 4 rings (SSSR count). The molecule has 162 valence electrons. The largest absolute Gasteiger partial charge is 0.485 e. The highest BCUT2D eigenvalue weighted by Gasteiger charge is 2.17. The lowest BCUT2D eigenvalue weighted by Gasteiger charge is -2.12. The summed E-state index contributed by atoms with van der Waals surface area (Å²) in [5.41, 5.74) is 3.90. The minimum absolute atomic E-state index is 0.0980. The summed E-state index contributed by atoms with van der Waals surface area (Å²) in [6.45, 7) is 4.28. The van der Waals surface area contributed by atoms with Gasteiger partial charge in [-0.2, -0.15) is 0 Å². The number of aromatic nitrogens is 3. The van der Waals surface area contributed by atoms with Crippen LogP contribution in [0.3, 0.4) is 0 Å². The molecule has 3 aromatic carbocycles. The molecule has 0 saturated carbocycles. The average molecular weight is 445 g/mol. The van der Waals surface area contributed by atoms with Crippen LogP contribution in [0.1, 0.15) is 17.0 Å². The molecule has 1 N–H and O–H groups in total. The molecule has 0 unspecified atom stereocenters. The van der Waals surface area contributed by atoms with Crippen molar-refractivity contribution in [3.05, 3.63) is 95.8 Å². The van der Waals surface area contributed by atoms with Crippen LogP contribution in [0.2, 0.25) is 0 Å². The smallest absolute Gasteiger partial charge is 0.234 e. The van der Waals surface area contributed by atoms with E-state index in [9.17, 15) is 4.79 Å². The molecule has 0 bridgehead atoms. The Morgan fingerprint density at radius 2 is 1.66 bits per heavy atom. The molecule has 0 aliphatic rings. The second-order valence-corrected chi connectivity index (χ2v) is 8.27. The van der Waals surface area contributed by atoms with E-state index in [1.807, 2.05) is 97.3 Å². The number of ether oxygens (including phenoxy) is 1. The summed E-state index contributed by atoms with van der Waals surface area (Å²) in [6, 6.07) is 25.4. The molecule has 4 aromatic rings. The van der Waals surface area contributed by atoms with Gasteiger partial charge in [0.1, 0.15) is 12.4 Å². The Balaban J connectivity index is 1.49. The van der Waals surface area contributed by atoms with E-state index in [1.54, 1.807) is 0 Å². The summed E-state index contributed by atoms with van der Waals surface area (Å²) in [5, 5.41) is 12.2. The molecule has 1 amide bonds. The quantitative estimate of drug-likeness (QED) is 0.379. The normalized spacial score (nSPS) is 10.7. The van der Waals surface area contributed by atoms with E-state index >= 15 is 0 Å². The number of hydrogen-bond donors (Lipinski definition) is 1. The fourth-order valence-electron chi connectivity index (χ4n) is 3.15. The topological polar surface area (TPSA) is 69.0 Å². The highest BCUT2D eigenvalue weighted by molar-refractivity contribution is 7.99. The number of carbonyl (C=O) groups excluding carboxylic acids is 1. The number of rotatable bonds is 8. The number of carbonyl (C=O) groups is 1. The number of para-hydroxylation sites is 2. The van der Waals surface area contributed by atoms with E-state index in [0.29, 0.717) is 11.0 Å². The molecular formula is C25H24N4O2S. The summed E-state index contributed by atoms with van der Waals surface area (Å²) < 4.78 is 7.93. The molecule has 7 heteroatoms. The Morgan fingerprint density at radius 1 is 0.938 bits per heavy atom. The molecule has 0 spiro atoms. The lowest BCUT2D eigenvalue weighted by Crippen LogP contribution is -2.14. The van der Waals surface area contributed by atoms with Gasteiger partial charge in [0.25, 0.3) is 0 Å². The first-order valence-electron chi connectivity index (χ1n) is 10.3. The number of benzene rings is 3. The first kappa shape index (κ1) is 21.6. The zero-order valence-electron chi connectivity index (χ0n) is 18.0. The molecule has 0 saturated heterocycles. The zero-order chi connectivity index (χ0) is 22.3. The van der Waals surface area contributed by atoms with Crippen molar-refractivity contribution < 1.29 is 9.53 Å². The molecule has 0 aliphatic carbocycles. The molecule has 0 radical (unpaired) electrons. The van der Waals surface area contributed by atoms with Crippen LogP contribution >= 0.6 is 11.8 Å². The molecule has 32 heavy (non-hydrogen) atoms. The van der Waals surface area contributed by atoms with Gasteiger partial charge in [-0.25, -0.2) is 0 Å². The van der Waals surface area contributed by atoms with Gasteiger partial charge in [-0.05, 0) is 49.7 Å². The number of anilines is 1. The van der Waals surface area contributed by atoms with E-state index in [-0.39, 0.29) is 18.3 Å². The third-order valence-corrected chi connectivity index (χ3v) is 5.76. The Bertz CT molecular complexity index is 1190. The van der Waals surface area contributed by atoms with Crippen LogP contribution in [0, 0.1) is 13.8 Å². The SMILES string of the molecule is Cc1ccc(NC(=O)CSc2nnc(COc3ccccc3C)n2-c2ccccc2)cc1. The number of nitrogens with one attached hydrogen (secondary N) is 1. The minimum atomic E-state index is -0.0980. The van der Waals surface area contributed by atoms with Crippen molar-refractivity contribution >= 4 is 23.4 Å². The summed E-state index contributed by atoms with van der Waals surface area (Å²) in [5.74, 6) is 1.60. The Morgan fingerprint density at radius 3 is 2.41 bits per heavy atom. The Labute approximate surface area is 191 Å². The summed E-state index contributed by atoms with van der Waals surface area (Å²) in [7, 11) is 0. The van der Waals surface area contributed by atoms with Crippen molar-refractivity contribution in [2.24, 2.45) is 0 Å². The van der Waals surface area contributed by atoms with Gasteiger partial charge in [0.2, 0.25) is 5.91 Å². The van der Waals surface area contributed by atoms with Gasteiger partial charge in [0.15, 0.2) is 11.0 Å². The molecular weight excluding hydrogens is 420 g/mol. The molecule has 1 heterocycles. The van der Waals surface area contributed by atoms with E-state index in [4.69, 9.17) is 4.74 Å². The predicted octanol–water partition coefficient (Wildman–Crippen LogP) is 5.19. The average Bonchev–Trinajstić information content (AvgIpc) is 3.22. The van der Waals surface area contributed by atoms with Crippen LogP contribution in [0.4, 0.5) is 5.69 Å². The standard InChI is InChI=1S/C25H24N4O2S/c1-18-12-14-20(15-13-18)26-24(30)17-32-25-28-27-23(29(25)21-9-4-3-5-10-21)16-31-22-11-7-6-8-19(22)2/h3-15H,16-17H2,1-2H3,(H,26,30). The number of hydrogen-bond acceptors (Lipinski definition) is 5. The lowest BCUT2D eigenvalue weighted by molar-refractivity contribution is -0.113. The van der Waals surface area contributed by atoms with Crippen molar-refractivity contribution in [1.82, 2.24) is 14.8 Å². The van der Waals surface area contributed by atoms with Gasteiger partial charge < -0.3 is 10.1 Å². The van der Waals surface area contributed by atoms with Crippen molar-refractivity contribution in [2.45, 2.75) is 25.6 Å². The Hall–Kier alpha value is -3.58. The molecule has 0 fully saturated rings. The van der Waals surface area contributed by atoms with Crippen molar-refractivity contribution in [3.8, 4) is 11.4 Å². The fourth-order valence-corrected chi connectivity index (χ4v) is 3.92. The van der Waals surface area contributed by atoms with Gasteiger partial charge in [0.05, 0.1) is 5.75 Å². The van der Waals surface area contributed by atoms with Crippen LogP contribution in [0.5, 0.6) is 5.75 Å². The van der Waals surface area contributed by atoms with Crippen molar-refractivity contribution in [1.29, 1.82) is 0 Å². The third kappa shape index (κ3) is 5.36. The van der Waals surface area contributed by atoms with Gasteiger partial charge in [0, 0.05) is 11.4 Å². The number of aryl methyl sites for hydroxylation is 2. The maximum absolute atomic E-state index is 12.5. The molecule has 6 nitrogen and oxygen atoms in total. The van der Waals surface area contributed by atoms with Crippen molar-refractivity contribution in [3.63, 3.8) is 0 Å². The maximum atomic E-state index is 12.5. The highest BCUT2D eigenvalue weighted by Crippen LogP contribution is 2.24. The number of thioether (sulfide) groups is 1. The third-order valence-electron chi connectivity index (χ3n) is 4.83. The summed E-state index contributed by atoms with van der Waals surface area (Å²) in [4.78, 5) is 12.5. The van der Waals surface area contributed by atoms with Crippen LogP contribution < -0.4 is 10.1 Å². The first-order valence-corrected chi connectivity index (χ1v) is 11.3. The highest BCUT2D eigenvalue weighted by atomic mass is 32.2. The molecule has 0 atom stereocenters. The second kappa shape index (κ2) is 10.2. The fraction of sp³-hybridized carbons (Fsp3) is 0.160. The Kier molecular flexibility index (Phi) is 6.87.